The molecule has 0 fully saturated rings. The van der Waals surface area contributed by atoms with Crippen LogP contribution in [0.3, 0.4) is 0 Å². The summed E-state index contributed by atoms with van der Waals surface area (Å²) in [6, 6.07) is 5.41. The quantitative estimate of drug-likeness (QED) is 0.753. The van der Waals surface area contributed by atoms with Crippen LogP contribution >= 0.6 is 11.3 Å². The average Bonchev–Trinajstić information content (AvgIpc) is 2.84. The van der Waals surface area contributed by atoms with Gasteiger partial charge in [-0.25, -0.2) is 4.98 Å². The number of amides is 1. The number of nitrogens with one attached hydrogen (secondary N) is 1. The van der Waals surface area contributed by atoms with Crippen LogP contribution in [-0.2, 0) is 13.0 Å². The molecule has 27 heavy (non-hydrogen) atoms. The lowest BCUT2D eigenvalue weighted by Gasteiger charge is -2.12. The maximum absolute atomic E-state index is 13.0. The Hall–Kier alpha value is -2.54. The van der Waals surface area contributed by atoms with Crippen molar-refractivity contribution in [1.29, 1.82) is 0 Å². The Labute approximate surface area is 161 Å². The smallest absolute Gasteiger partial charge is 0.262 e. The summed E-state index contributed by atoms with van der Waals surface area (Å²) in [5.74, 6) is 0.660. The molecular weight excluding hydrogens is 360 g/mol. The first-order valence-corrected chi connectivity index (χ1v) is 10.1. The molecule has 0 saturated heterocycles. The highest BCUT2D eigenvalue weighted by atomic mass is 32.1. The summed E-state index contributed by atoms with van der Waals surface area (Å²) >= 11 is 1.31. The van der Waals surface area contributed by atoms with Gasteiger partial charge in [-0.1, -0.05) is 12.5 Å². The van der Waals surface area contributed by atoms with Crippen LogP contribution in [0.2, 0.25) is 0 Å². The van der Waals surface area contributed by atoms with Gasteiger partial charge in [0.05, 0.1) is 22.0 Å². The maximum Gasteiger partial charge on any atom is 0.262 e. The van der Waals surface area contributed by atoms with Gasteiger partial charge < -0.3 is 5.32 Å². The molecule has 3 aromatic rings. The number of hydrogen-bond donors (Lipinski definition) is 1. The van der Waals surface area contributed by atoms with Gasteiger partial charge in [0.2, 0.25) is 0 Å². The van der Waals surface area contributed by atoms with Crippen LogP contribution in [0.25, 0.3) is 10.2 Å². The Bertz CT molecular complexity index is 1060. The summed E-state index contributed by atoms with van der Waals surface area (Å²) < 4.78 is 1.80. The zero-order valence-corrected chi connectivity index (χ0v) is 16.3. The van der Waals surface area contributed by atoms with Crippen LogP contribution in [0.5, 0.6) is 0 Å². The van der Waals surface area contributed by atoms with Crippen molar-refractivity contribution in [1.82, 2.24) is 19.9 Å². The molecule has 1 N–H and O–H groups in total. The van der Waals surface area contributed by atoms with E-state index in [1.54, 1.807) is 10.8 Å². The first-order valence-electron chi connectivity index (χ1n) is 9.31. The van der Waals surface area contributed by atoms with E-state index < -0.39 is 0 Å². The fraction of sp³-hybridized carbons (Fsp3) is 0.400. The molecule has 0 saturated carbocycles. The Morgan fingerprint density at radius 3 is 2.93 bits per heavy atom. The molecule has 1 atom stereocenters. The van der Waals surface area contributed by atoms with Crippen LogP contribution in [0.15, 0.2) is 29.2 Å². The monoisotopic (exact) mass is 382 g/mol. The van der Waals surface area contributed by atoms with Gasteiger partial charge in [0.25, 0.3) is 11.5 Å². The van der Waals surface area contributed by atoms with Crippen LogP contribution in [-0.4, -0.2) is 20.4 Å². The van der Waals surface area contributed by atoms with Crippen molar-refractivity contribution in [2.75, 3.05) is 0 Å². The van der Waals surface area contributed by atoms with E-state index in [1.807, 2.05) is 32.0 Å². The Morgan fingerprint density at radius 1 is 1.30 bits per heavy atom. The van der Waals surface area contributed by atoms with Crippen LogP contribution in [0.4, 0.5) is 0 Å². The molecule has 7 heteroatoms. The number of nitrogens with zero attached hydrogens (tertiary/aromatic N) is 3. The van der Waals surface area contributed by atoms with Crippen molar-refractivity contribution in [3.05, 3.63) is 56.7 Å². The minimum absolute atomic E-state index is 0.0116. The molecule has 0 radical (unpaired) electrons. The zero-order chi connectivity index (χ0) is 19.0. The van der Waals surface area contributed by atoms with Crippen LogP contribution in [0, 0.1) is 6.92 Å². The molecule has 0 aromatic carbocycles. The van der Waals surface area contributed by atoms with Crippen LogP contribution in [0.1, 0.15) is 59.0 Å². The fourth-order valence-electron chi connectivity index (χ4n) is 3.59. The summed E-state index contributed by atoms with van der Waals surface area (Å²) in [6.45, 7) is 4.45. The maximum atomic E-state index is 13.0. The van der Waals surface area contributed by atoms with E-state index in [4.69, 9.17) is 4.98 Å². The third kappa shape index (κ3) is 3.27. The summed E-state index contributed by atoms with van der Waals surface area (Å²) in [4.78, 5) is 36.1. The molecule has 4 heterocycles. The number of pyridine rings is 1. The summed E-state index contributed by atoms with van der Waals surface area (Å²) in [5.41, 5.74) is 1.51. The Balaban J connectivity index is 1.70. The molecule has 1 unspecified atom stereocenters. The molecule has 3 aromatic heterocycles. The SMILES string of the molecule is Cc1c(C(=O)NC(C)c2ccccn2)sc2nc3n(c(=O)c12)CCCCC3. The number of rotatable bonds is 3. The van der Waals surface area contributed by atoms with E-state index >= 15 is 0 Å². The number of aryl methyl sites for hydroxylation is 2. The predicted octanol–water partition coefficient (Wildman–Crippen LogP) is 3.38. The first-order chi connectivity index (χ1) is 13.1. The minimum atomic E-state index is -0.214. The molecule has 1 aliphatic heterocycles. The molecule has 1 aliphatic rings. The summed E-state index contributed by atoms with van der Waals surface area (Å²) in [5, 5.41) is 3.57. The summed E-state index contributed by atoms with van der Waals surface area (Å²) in [7, 11) is 0. The first kappa shape index (κ1) is 17.9. The number of fused-ring (bicyclic) bond motifs is 2. The molecular formula is C20H22N4O2S. The normalized spacial score (nSPS) is 15.2. The van der Waals surface area contributed by atoms with Gasteiger partial charge in [0, 0.05) is 19.2 Å². The second-order valence-corrected chi connectivity index (χ2v) is 7.98. The van der Waals surface area contributed by atoms with Crippen molar-refractivity contribution in [2.24, 2.45) is 0 Å². The highest BCUT2D eigenvalue weighted by Crippen LogP contribution is 2.28. The van der Waals surface area contributed by atoms with Crippen molar-refractivity contribution >= 4 is 27.5 Å². The van der Waals surface area contributed by atoms with E-state index in [0.717, 1.165) is 42.8 Å². The van der Waals surface area contributed by atoms with E-state index in [-0.39, 0.29) is 17.5 Å². The van der Waals surface area contributed by atoms with Gasteiger partial charge in [0.15, 0.2) is 0 Å². The number of aromatic nitrogens is 3. The predicted molar refractivity (Wildman–Crippen MR) is 106 cm³/mol. The molecule has 4 rings (SSSR count). The highest BCUT2D eigenvalue weighted by Gasteiger charge is 2.23. The van der Waals surface area contributed by atoms with Crippen molar-refractivity contribution in [3.8, 4) is 0 Å². The fourth-order valence-corrected chi connectivity index (χ4v) is 4.69. The number of thiophene rings is 1. The van der Waals surface area contributed by atoms with Crippen molar-refractivity contribution in [2.45, 2.75) is 52.1 Å². The van der Waals surface area contributed by atoms with Gasteiger partial charge in [0.1, 0.15) is 10.7 Å². The topological polar surface area (TPSA) is 76.9 Å². The Kier molecular flexibility index (Phi) is 4.78. The van der Waals surface area contributed by atoms with E-state index in [9.17, 15) is 9.59 Å². The number of carbonyl (C=O) groups excluding carboxylic acids is 1. The van der Waals surface area contributed by atoms with E-state index in [2.05, 4.69) is 10.3 Å². The largest absolute Gasteiger partial charge is 0.343 e. The van der Waals surface area contributed by atoms with Gasteiger partial charge in [-0.15, -0.1) is 11.3 Å². The molecule has 0 spiro atoms. The lowest BCUT2D eigenvalue weighted by molar-refractivity contribution is 0.0943. The third-order valence-electron chi connectivity index (χ3n) is 5.10. The molecule has 0 bridgehead atoms. The van der Waals surface area contributed by atoms with E-state index in [0.29, 0.717) is 21.6 Å². The number of hydrogen-bond acceptors (Lipinski definition) is 5. The lowest BCUT2D eigenvalue weighted by Crippen LogP contribution is -2.27. The molecule has 0 aliphatic carbocycles. The molecule has 6 nitrogen and oxygen atoms in total. The summed E-state index contributed by atoms with van der Waals surface area (Å²) in [6.07, 6.45) is 5.70. The second-order valence-electron chi connectivity index (χ2n) is 6.98. The number of carbonyl (C=O) groups is 1. The lowest BCUT2D eigenvalue weighted by atomic mass is 10.1. The standard InChI is InChI=1S/C20H22N4O2S/c1-12-16-19(23-15-9-4-3-7-11-24(15)20(16)26)27-17(12)18(25)22-13(2)14-8-5-6-10-21-14/h5-6,8,10,13H,3-4,7,9,11H2,1-2H3,(H,22,25). The van der Waals surface area contributed by atoms with Gasteiger partial charge in [-0.2, -0.15) is 0 Å². The Morgan fingerprint density at radius 2 is 2.15 bits per heavy atom. The minimum Gasteiger partial charge on any atom is -0.343 e. The average molecular weight is 382 g/mol. The second kappa shape index (κ2) is 7.23. The third-order valence-corrected chi connectivity index (χ3v) is 6.28. The van der Waals surface area contributed by atoms with E-state index in [1.165, 1.54) is 11.3 Å². The van der Waals surface area contributed by atoms with Crippen molar-refractivity contribution in [3.63, 3.8) is 0 Å². The van der Waals surface area contributed by atoms with Crippen molar-refractivity contribution < 1.29 is 4.79 Å². The zero-order valence-electron chi connectivity index (χ0n) is 15.5. The molecule has 140 valence electrons. The van der Waals surface area contributed by atoms with Crippen LogP contribution < -0.4 is 10.9 Å². The molecule has 1 amide bonds. The highest BCUT2D eigenvalue weighted by molar-refractivity contribution is 7.20. The van der Waals surface area contributed by atoms with Gasteiger partial charge in [-0.3, -0.25) is 19.1 Å². The van der Waals surface area contributed by atoms with Gasteiger partial charge in [-0.05, 0) is 44.4 Å². The van der Waals surface area contributed by atoms with Gasteiger partial charge >= 0.3 is 0 Å².